The van der Waals surface area contributed by atoms with Crippen LogP contribution >= 0.6 is 11.7 Å². The normalized spacial score (nSPS) is 15.3. The van der Waals surface area contributed by atoms with Gasteiger partial charge in [-0.25, -0.2) is 0 Å². The number of H-pyrrole nitrogens is 1. The summed E-state index contributed by atoms with van der Waals surface area (Å²) in [5.41, 5.74) is 6.26. The van der Waals surface area contributed by atoms with Crippen LogP contribution < -0.4 is 10.6 Å². The number of furan rings is 1. The molecule has 3 N–H and O–H groups in total. The molecule has 0 unspecified atom stereocenters. The highest BCUT2D eigenvalue weighted by atomic mass is 32.1. The summed E-state index contributed by atoms with van der Waals surface area (Å²) in [4.78, 5) is 31.5. The van der Waals surface area contributed by atoms with E-state index in [9.17, 15) is 9.59 Å². The minimum atomic E-state index is -0.635. The number of likely N-dealkylation sites (N-methyl/N-ethyl adjacent to an activating group) is 1. The van der Waals surface area contributed by atoms with Crippen molar-refractivity contribution in [1.82, 2.24) is 23.9 Å². The molecule has 10 heteroatoms. The molecule has 35 heavy (non-hydrogen) atoms. The van der Waals surface area contributed by atoms with E-state index in [-0.39, 0.29) is 17.6 Å². The number of para-hydroxylation sites is 1. The van der Waals surface area contributed by atoms with Crippen LogP contribution in [-0.2, 0) is 24.3 Å². The van der Waals surface area contributed by atoms with Crippen LogP contribution in [0.15, 0.2) is 59.2 Å². The molecule has 6 rings (SSSR count). The molecule has 3 aromatic heterocycles. The van der Waals surface area contributed by atoms with Gasteiger partial charge in [0.2, 0.25) is 5.91 Å². The number of aromatic amines is 1. The van der Waals surface area contributed by atoms with Crippen molar-refractivity contribution in [1.29, 1.82) is 0 Å². The van der Waals surface area contributed by atoms with Gasteiger partial charge in [0.05, 0.1) is 24.5 Å². The summed E-state index contributed by atoms with van der Waals surface area (Å²) >= 11 is 1.17. The maximum absolute atomic E-state index is 13.7. The van der Waals surface area contributed by atoms with Gasteiger partial charge in [-0.05, 0) is 35.9 Å². The van der Waals surface area contributed by atoms with E-state index in [1.807, 2.05) is 42.5 Å². The third kappa shape index (κ3) is 3.71. The Morgan fingerprint density at radius 3 is 2.91 bits per heavy atom. The molecule has 5 aromatic rings. The van der Waals surface area contributed by atoms with Crippen molar-refractivity contribution in [3.05, 3.63) is 77.4 Å². The maximum Gasteiger partial charge on any atom is 0.290 e. The molecular formula is C25H22N6O3S. The zero-order valence-electron chi connectivity index (χ0n) is 18.9. The minimum absolute atomic E-state index is 0.203. The quantitative estimate of drug-likeness (QED) is 0.349. The van der Waals surface area contributed by atoms with Crippen LogP contribution in [0.1, 0.15) is 27.4 Å². The molecule has 2 amide bonds. The molecule has 0 fully saturated rings. The molecule has 0 saturated carbocycles. The Kier molecular flexibility index (Phi) is 5.22. The number of nitrogens with zero attached hydrogens (tertiary/aromatic N) is 3. The standard InChI is InChI=1S/C25H22N6O3S/c1-26-24(32)22-11-17-16-4-2-3-5-18(16)28-21(17)13-31(22)25(33)23-14(8-9-34-23)12-27-15-6-7-19-20(10-15)30-35-29-19/h2-10,22,27-28H,11-13H2,1H3,(H,26,32)/t22-/m1/s1. The van der Waals surface area contributed by atoms with Crippen LogP contribution in [0.25, 0.3) is 21.9 Å². The van der Waals surface area contributed by atoms with Gasteiger partial charge >= 0.3 is 0 Å². The molecule has 0 bridgehead atoms. The van der Waals surface area contributed by atoms with Crippen LogP contribution in [0, 0.1) is 0 Å². The predicted molar refractivity (Wildman–Crippen MR) is 133 cm³/mol. The van der Waals surface area contributed by atoms with E-state index in [1.165, 1.54) is 18.0 Å². The maximum atomic E-state index is 13.7. The largest absolute Gasteiger partial charge is 0.459 e. The highest BCUT2D eigenvalue weighted by Crippen LogP contribution is 2.32. The van der Waals surface area contributed by atoms with Gasteiger partial charge in [-0.15, -0.1) is 0 Å². The number of nitrogens with one attached hydrogen (secondary N) is 3. The number of anilines is 1. The van der Waals surface area contributed by atoms with Crippen LogP contribution in [0.5, 0.6) is 0 Å². The van der Waals surface area contributed by atoms with E-state index in [1.54, 1.807) is 18.0 Å². The van der Waals surface area contributed by atoms with Gasteiger partial charge in [0.25, 0.3) is 5.91 Å². The molecule has 2 aromatic carbocycles. The van der Waals surface area contributed by atoms with Gasteiger partial charge in [-0.3, -0.25) is 9.59 Å². The third-order valence-corrected chi connectivity index (χ3v) is 7.05. The zero-order chi connectivity index (χ0) is 23.9. The first-order valence-electron chi connectivity index (χ1n) is 11.3. The number of benzene rings is 2. The van der Waals surface area contributed by atoms with E-state index in [0.29, 0.717) is 25.1 Å². The number of amides is 2. The van der Waals surface area contributed by atoms with Crippen molar-refractivity contribution in [3.8, 4) is 0 Å². The van der Waals surface area contributed by atoms with Gasteiger partial charge < -0.3 is 24.9 Å². The first kappa shape index (κ1) is 21.4. The number of hydrogen-bond donors (Lipinski definition) is 3. The lowest BCUT2D eigenvalue weighted by Gasteiger charge is -2.34. The molecule has 1 aliphatic rings. The average Bonchev–Trinajstić information content (AvgIpc) is 3.63. The van der Waals surface area contributed by atoms with Crippen LogP contribution in [-0.4, -0.2) is 43.5 Å². The van der Waals surface area contributed by atoms with Crippen LogP contribution in [0.2, 0.25) is 0 Å². The molecule has 0 saturated heterocycles. The van der Waals surface area contributed by atoms with Crippen molar-refractivity contribution in [2.75, 3.05) is 12.4 Å². The minimum Gasteiger partial charge on any atom is -0.459 e. The molecular weight excluding hydrogens is 464 g/mol. The number of rotatable bonds is 5. The monoisotopic (exact) mass is 486 g/mol. The lowest BCUT2D eigenvalue weighted by Crippen LogP contribution is -2.52. The summed E-state index contributed by atoms with van der Waals surface area (Å²) in [6.45, 7) is 0.679. The second-order valence-electron chi connectivity index (χ2n) is 8.49. The van der Waals surface area contributed by atoms with Gasteiger partial charge in [0.15, 0.2) is 5.76 Å². The summed E-state index contributed by atoms with van der Waals surface area (Å²) in [5.74, 6) is -0.295. The van der Waals surface area contributed by atoms with Crippen LogP contribution in [0.4, 0.5) is 5.69 Å². The van der Waals surface area contributed by atoms with E-state index in [4.69, 9.17) is 4.42 Å². The molecule has 176 valence electrons. The molecule has 9 nitrogen and oxygen atoms in total. The number of aromatic nitrogens is 3. The number of fused-ring (bicyclic) bond motifs is 4. The van der Waals surface area contributed by atoms with E-state index in [0.717, 1.165) is 38.9 Å². The molecule has 1 aliphatic heterocycles. The summed E-state index contributed by atoms with van der Waals surface area (Å²) < 4.78 is 14.1. The van der Waals surface area contributed by atoms with Gasteiger partial charge in [-0.1, -0.05) is 18.2 Å². The van der Waals surface area contributed by atoms with E-state index >= 15 is 0 Å². The molecule has 0 aliphatic carbocycles. The predicted octanol–water partition coefficient (Wildman–Crippen LogP) is 3.69. The first-order chi connectivity index (χ1) is 17.1. The van der Waals surface area contributed by atoms with Crippen molar-refractivity contribution in [2.45, 2.75) is 25.6 Å². The SMILES string of the molecule is CNC(=O)[C@H]1Cc2c([nH]c3ccccc23)CN1C(=O)c1occc1CNc1ccc2nsnc2c1. The average molecular weight is 487 g/mol. The Balaban J connectivity index is 1.28. The Bertz CT molecular complexity index is 1570. The lowest BCUT2D eigenvalue weighted by atomic mass is 9.95. The second kappa shape index (κ2) is 8.55. The fourth-order valence-corrected chi connectivity index (χ4v) is 5.22. The van der Waals surface area contributed by atoms with E-state index < -0.39 is 6.04 Å². The lowest BCUT2D eigenvalue weighted by molar-refractivity contribution is -0.125. The molecule has 1 atom stereocenters. The second-order valence-corrected chi connectivity index (χ2v) is 9.02. The summed E-state index contributed by atoms with van der Waals surface area (Å²) in [5, 5.41) is 7.12. The number of carbonyl (C=O) groups is 2. The van der Waals surface area contributed by atoms with Crippen LogP contribution in [0.3, 0.4) is 0 Å². The van der Waals surface area contributed by atoms with Crippen molar-refractivity contribution in [3.63, 3.8) is 0 Å². The topological polar surface area (TPSA) is 116 Å². The van der Waals surface area contributed by atoms with Gasteiger partial charge in [0.1, 0.15) is 17.1 Å². The zero-order valence-corrected chi connectivity index (χ0v) is 19.7. The van der Waals surface area contributed by atoms with Gasteiger partial charge in [-0.2, -0.15) is 8.75 Å². The first-order valence-corrected chi connectivity index (χ1v) is 12.0. The number of hydrogen-bond acceptors (Lipinski definition) is 7. The third-order valence-electron chi connectivity index (χ3n) is 6.49. The number of carbonyl (C=O) groups excluding carboxylic acids is 2. The molecule has 4 heterocycles. The van der Waals surface area contributed by atoms with Crippen molar-refractivity contribution >= 4 is 51.2 Å². The fourth-order valence-electron chi connectivity index (χ4n) is 4.70. The highest BCUT2D eigenvalue weighted by molar-refractivity contribution is 7.00. The Hall–Kier alpha value is -4.18. The summed E-state index contributed by atoms with van der Waals surface area (Å²) in [7, 11) is 1.59. The van der Waals surface area contributed by atoms with Crippen molar-refractivity contribution in [2.24, 2.45) is 0 Å². The van der Waals surface area contributed by atoms with E-state index in [2.05, 4.69) is 24.4 Å². The summed E-state index contributed by atoms with van der Waals surface area (Å²) in [6.07, 6.45) is 1.94. The van der Waals surface area contributed by atoms with Crippen molar-refractivity contribution < 1.29 is 14.0 Å². The molecule has 0 radical (unpaired) electrons. The fraction of sp³-hybridized carbons (Fsp3) is 0.200. The van der Waals surface area contributed by atoms with Gasteiger partial charge in [0, 0.05) is 47.9 Å². The Morgan fingerprint density at radius 2 is 2.03 bits per heavy atom. The Morgan fingerprint density at radius 1 is 1.17 bits per heavy atom. The highest BCUT2D eigenvalue weighted by Gasteiger charge is 2.38. The molecule has 0 spiro atoms. The summed E-state index contributed by atoms with van der Waals surface area (Å²) in [6, 6.07) is 14.9. The Labute approximate surface area is 204 Å². The smallest absolute Gasteiger partial charge is 0.290 e.